The Hall–Kier alpha value is -2.67. The van der Waals surface area contributed by atoms with Gasteiger partial charge in [0.05, 0.1) is 19.5 Å². The van der Waals surface area contributed by atoms with Crippen LogP contribution in [0.1, 0.15) is 5.56 Å². The summed E-state index contributed by atoms with van der Waals surface area (Å²) in [6.07, 6.45) is 1.65. The summed E-state index contributed by atoms with van der Waals surface area (Å²) in [6, 6.07) is 8.13. The van der Waals surface area contributed by atoms with E-state index in [4.69, 9.17) is 9.72 Å². The van der Waals surface area contributed by atoms with Gasteiger partial charge in [-0.15, -0.1) is 0 Å². The molecule has 4 rings (SSSR count). The highest BCUT2D eigenvalue weighted by Gasteiger charge is 2.18. The summed E-state index contributed by atoms with van der Waals surface area (Å²) in [5.74, 6) is 1.42. The molecule has 0 amide bonds. The fourth-order valence-electron chi connectivity index (χ4n) is 2.73. The molecular formula is C16H18N6O. The maximum Gasteiger partial charge on any atom is 0.231 e. The zero-order chi connectivity index (χ0) is 15.6. The van der Waals surface area contributed by atoms with Crippen LogP contribution >= 0.6 is 0 Å². The molecule has 1 fully saturated rings. The number of hydrogen-bond acceptors (Lipinski definition) is 6. The number of aromatic amines is 1. The van der Waals surface area contributed by atoms with Gasteiger partial charge in [0.25, 0.3) is 0 Å². The first-order valence-corrected chi connectivity index (χ1v) is 7.67. The van der Waals surface area contributed by atoms with E-state index in [1.54, 1.807) is 6.33 Å². The second kappa shape index (κ2) is 5.85. The van der Waals surface area contributed by atoms with E-state index in [9.17, 15) is 0 Å². The van der Waals surface area contributed by atoms with Crippen LogP contribution in [-0.4, -0.2) is 46.2 Å². The van der Waals surface area contributed by atoms with Gasteiger partial charge in [-0.3, -0.25) is 0 Å². The minimum atomic E-state index is 0.552. The molecule has 0 bridgehead atoms. The highest BCUT2D eigenvalue weighted by Crippen LogP contribution is 2.25. The van der Waals surface area contributed by atoms with Crippen molar-refractivity contribution in [2.24, 2.45) is 0 Å². The summed E-state index contributed by atoms with van der Waals surface area (Å²) in [4.78, 5) is 18.8. The Kier molecular flexibility index (Phi) is 3.55. The third-order valence-electron chi connectivity index (χ3n) is 3.85. The Balaban J connectivity index is 1.72. The second-order valence-electron chi connectivity index (χ2n) is 5.57. The van der Waals surface area contributed by atoms with E-state index in [-0.39, 0.29) is 0 Å². The molecule has 0 saturated carbocycles. The minimum absolute atomic E-state index is 0.552. The molecule has 0 spiro atoms. The molecule has 23 heavy (non-hydrogen) atoms. The predicted molar refractivity (Wildman–Crippen MR) is 89.2 cm³/mol. The zero-order valence-corrected chi connectivity index (χ0v) is 12.9. The number of nitrogens with one attached hydrogen (secondary N) is 2. The number of anilines is 3. The van der Waals surface area contributed by atoms with Crippen LogP contribution in [0.25, 0.3) is 11.2 Å². The number of imidazole rings is 1. The summed E-state index contributed by atoms with van der Waals surface area (Å²) in [5, 5.41) is 3.27. The fraction of sp³-hybridized carbons (Fsp3) is 0.312. The number of hydrogen-bond donors (Lipinski definition) is 2. The lowest BCUT2D eigenvalue weighted by Gasteiger charge is -2.28. The maximum atomic E-state index is 5.43. The van der Waals surface area contributed by atoms with Crippen LogP contribution in [0, 0.1) is 6.92 Å². The number of rotatable bonds is 3. The highest BCUT2D eigenvalue weighted by atomic mass is 16.5. The summed E-state index contributed by atoms with van der Waals surface area (Å²) < 4.78 is 5.43. The van der Waals surface area contributed by atoms with Crippen LogP contribution in [-0.2, 0) is 4.74 Å². The molecule has 118 valence electrons. The lowest BCUT2D eigenvalue weighted by molar-refractivity contribution is 0.122. The lowest BCUT2D eigenvalue weighted by atomic mass is 10.2. The quantitative estimate of drug-likeness (QED) is 0.772. The molecule has 0 unspecified atom stereocenters. The molecule has 0 atom stereocenters. The average molecular weight is 310 g/mol. The first-order chi connectivity index (χ1) is 11.3. The number of nitrogens with zero attached hydrogens (tertiary/aromatic N) is 4. The van der Waals surface area contributed by atoms with Crippen LogP contribution in [0.2, 0.25) is 0 Å². The third kappa shape index (κ3) is 2.83. The molecule has 2 aromatic heterocycles. The van der Waals surface area contributed by atoms with Crippen LogP contribution in [0.15, 0.2) is 30.6 Å². The van der Waals surface area contributed by atoms with Gasteiger partial charge in [0, 0.05) is 18.8 Å². The first-order valence-electron chi connectivity index (χ1n) is 7.67. The number of morpholine rings is 1. The van der Waals surface area contributed by atoms with Gasteiger partial charge in [0.2, 0.25) is 5.95 Å². The van der Waals surface area contributed by atoms with Gasteiger partial charge in [-0.05, 0) is 24.6 Å². The molecule has 7 heteroatoms. The SMILES string of the molecule is Cc1cccc(Nc2nc(N3CCOCC3)c3[nH]cnc3n2)c1. The van der Waals surface area contributed by atoms with Crippen LogP contribution in [0.4, 0.5) is 17.5 Å². The topological polar surface area (TPSA) is 79.0 Å². The van der Waals surface area contributed by atoms with Crippen LogP contribution in [0.5, 0.6) is 0 Å². The van der Waals surface area contributed by atoms with Gasteiger partial charge in [-0.2, -0.15) is 9.97 Å². The molecular weight excluding hydrogens is 292 g/mol. The number of benzene rings is 1. The van der Waals surface area contributed by atoms with E-state index in [1.165, 1.54) is 5.56 Å². The number of aromatic nitrogens is 4. The van der Waals surface area contributed by atoms with Crippen molar-refractivity contribution in [1.82, 2.24) is 19.9 Å². The van der Waals surface area contributed by atoms with Gasteiger partial charge < -0.3 is 19.9 Å². The van der Waals surface area contributed by atoms with E-state index >= 15 is 0 Å². The van der Waals surface area contributed by atoms with Crippen molar-refractivity contribution < 1.29 is 4.74 Å². The van der Waals surface area contributed by atoms with Crippen LogP contribution < -0.4 is 10.2 Å². The first kappa shape index (κ1) is 14.0. The molecule has 0 radical (unpaired) electrons. The van der Waals surface area contributed by atoms with E-state index in [0.717, 1.165) is 30.1 Å². The largest absolute Gasteiger partial charge is 0.378 e. The summed E-state index contributed by atoms with van der Waals surface area (Å²) in [5.41, 5.74) is 3.68. The Bertz CT molecular complexity index is 824. The Morgan fingerprint density at radius 1 is 1.22 bits per heavy atom. The lowest BCUT2D eigenvalue weighted by Crippen LogP contribution is -2.37. The summed E-state index contributed by atoms with van der Waals surface area (Å²) in [7, 11) is 0. The van der Waals surface area contributed by atoms with Crippen molar-refractivity contribution in [2.75, 3.05) is 36.5 Å². The molecule has 7 nitrogen and oxygen atoms in total. The molecule has 2 N–H and O–H groups in total. The molecule has 1 aliphatic rings. The second-order valence-corrected chi connectivity index (χ2v) is 5.57. The van der Waals surface area contributed by atoms with Gasteiger partial charge in [0.1, 0.15) is 5.52 Å². The van der Waals surface area contributed by atoms with Gasteiger partial charge in [-0.1, -0.05) is 12.1 Å². The van der Waals surface area contributed by atoms with Crippen molar-refractivity contribution in [3.05, 3.63) is 36.2 Å². The molecule has 1 aromatic carbocycles. The molecule has 0 aliphatic carbocycles. The number of H-pyrrole nitrogens is 1. The average Bonchev–Trinajstić information content (AvgIpc) is 3.03. The molecule has 1 saturated heterocycles. The summed E-state index contributed by atoms with van der Waals surface area (Å²) in [6.45, 7) is 5.10. The molecule has 3 heterocycles. The molecule has 3 aromatic rings. The number of ether oxygens (including phenoxy) is 1. The summed E-state index contributed by atoms with van der Waals surface area (Å²) >= 11 is 0. The van der Waals surface area contributed by atoms with E-state index in [1.807, 2.05) is 12.1 Å². The van der Waals surface area contributed by atoms with Gasteiger partial charge in [-0.25, -0.2) is 4.98 Å². The highest BCUT2D eigenvalue weighted by molar-refractivity contribution is 5.84. The van der Waals surface area contributed by atoms with Crippen molar-refractivity contribution in [3.8, 4) is 0 Å². The van der Waals surface area contributed by atoms with E-state index < -0.39 is 0 Å². The number of aryl methyl sites for hydroxylation is 1. The van der Waals surface area contributed by atoms with Crippen LogP contribution in [0.3, 0.4) is 0 Å². The minimum Gasteiger partial charge on any atom is -0.378 e. The zero-order valence-electron chi connectivity index (χ0n) is 12.9. The predicted octanol–water partition coefficient (Wildman–Crippen LogP) is 2.24. The van der Waals surface area contributed by atoms with E-state index in [0.29, 0.717) is 24.8 Å². The normalized spacial score (nSPS) is 15.1. The van der Waals surface area contributed by atoms with Gasteiger partial charge >= 0.3 is 0 Å². The standard InChI is InChI=1S/C16H18N6O/c1-11-3-2-4-12(9-11)19-16-20-14-13(17-10-18-14)15(21-16)22-5-7-23-8-6-22/h2-4,9-10H,5-8H2,1H3,(H2,17,18,19,20,21). The number of fused-ring (bicyclic) bond motifs is 1. The third-order valence-corrected chi connectivity index (χ3v) is 3.85. The van der Waals surface area contributed by atoms with Gasteiger partial charge in [0.15, 0.2) is 11.5 Å². The Morgan fingerprint density at radius 3 is 2.91 bits per heavy atom. The smallest absolute Gasteiger partial charge is 0.231 e. The van der Waals surface area contributed by atoms with Crippen molar-refractivity contribution in [3.63, 3.8) is 0 Å². The molecule has 1 aliphatic heterocycles. The fourth-order valence-corrected chi connectivity index (χ4v) is 2.73. The van der Waals surface area contributed by atoms with Crippen molar-refractivity contribution >= 4 is 28.6 Å². The Morgan fingerprint density at radius 2 is 2.09 bits per heavy atom. The van der Waals surface area contributed by atoms with E-state index in [2.05, 4.69) is 44.2 Å². The van der Waals surface area contributed by atoms with Crippen molar-refractivity contribution in [1.29, 1.82) is 0 Å². The maximum absolute atomic E-state index is 5.43. The Labute approximate surface area is 133 Å². The monoisotopic (exact) mass is 310 g/mol. The van der Waals surface area contributed by atoms with Crippen molar-refractivity contribution in [2.45, 2.75) is 6.92 Å².